The number of alkyl halides is 3. The number of amides is 2. The Bertz CT molecular complexity index is 1220. The Morgan fingerprint density at radius 3 is 2.38 bits per heavy atom. The number of carbonyl (C=O) groups excluding carboxylic acids is 2. The van der Waals surface area contributed by atoms with Crippen molar-refractivity contribution in [3.8, 4) is 0 Å². The molecule has 7 nitrogen and oxygen atoms in total. The van der Waals surface area contributed by atoms with Gasteiger partial charge in [0.1, 0.15) is 5.58 Å². The first-order chi connectivity index (χ1) is 16.1. The lowest BCUT2D eigenvalue weighted by Gasteiger charge is -2.36. The van der Waals surface area contributed by atoms with E-state index in [1.807, 2.05) is 12.1 Å². The lowest BCUT2D eigenvalue weighted by Crippen LogP contribution is -2.52. The molecule has 2 N–H and O–H groups in total. The molecule has 1 aliphatic rings. The van der Waals surface area contributed by atoms with Gasteiger partial charge in [0.2, 0.25) is 0 Å². The van der Waals surface area contributed by atoms with Crippen molar-refractivity contribution >= 4 is 63.1 Å². The number of furan rings is 1. The molecule has 2 heterocycles. The number of benzene rings is 2. The van der Waals surface area contributed by atoms with Crippen LogP contribution in [0.1, 0.15) is 10.6 Å². The van der Waals surface area contributed by atoms with Crippen LogP contribution in [0.4, 0.5) is 24.5 Å². The smallest absolute Gasteiger partial charge is 0.451 e. The predicted octanol–water partition coefficient (Wildman–Crippen LogP) is 4.42. The van der Waals surface area contributed by atoms with Crippen LogP contribution in [-0.4, -0.2) is 54.2 Å². The molecule has 34 heavy (non-hydrogen) atoms. The van der Waals surface area contributed by atoms with E-state index >= 15 is 0 Å². The molecule has 178 valence electrons. The van der Waals surface area contributed by atoms with E-state index in [0.29, 0.717) is 22.0 Å². The summed E-state index contributed by atoms with van der Waals surface area (Å²) in [7, 11) is 0. The molecular formula is C22H18ClF3N4O3S. The number of rotatable bonds is 3. The number of thiocarbonyl (C=S) groups is 1. The number of nitrogens with one attached hydrogen (secondary N) is 2. The van der Waals surface area contributed by atoms with Crippen molar-refractivity contribution in [2.45, 2.75) is 6.18 Å². The number of halogens is 4. The van der Waals surface area contributed by atoms with Crippen LogP contribution in [0, 0.1) is 0 Å². The summed E-state index contributed by atoms with van der Waals surface area (Å²) in [6.07, 6.45) is -4.88. The molecule has 3 aromatic rings. The van der Waals surface area contributed by atoms with E-state index in [1.54, 1.807) is 41.3 Å². The Morgan fingerprint density at radius 1 is 1.03 bits per heavy atom. The number of anilines is 2. The van der Waals surface area contributed by atoms with Crippen LogP contribution in [-0.2, 0) is 4.79 Å². The summed E-state index contributed by atoms with van der Waals surface area (Å²) in [5.41, 5.74) is 1.70. The first kappa shape index (κ1) is 23.8. The van der Waals surface area contributed by atoms with Crippen molar-refractivity contribution in [2.24, 2.45) is 0 Å². The molecule has 2 amide bonds. The fourth-order valence-corrected chi connectivity index (χ4v) is 4.10. The van der Waals surface area contributed by atoms with Crippen LogP contribution in [0.2, 0.25) is 5.02 Å². The topological polar surface area (TPSA) is 77.8 Å². The molecule has 1 saturated heterocycles. The normalized spacial score (nSPS) is 14.2. The van der Waals surface area contributed by atoms with Gasteiger partial charge in [-0.3, -0.25) is 14.9 Å². The number of carbonyl (C=O) groups is 2. The quantitative estimate of drug-likeness (QED) is 0.508. The highest BCUT2D eigenvalue weighted by atomic mass is 35.5. The van der Waals surface area contributed by atoms with Crippen LogP contribution < -0.4 is 15.5 Å². The first-order valence-electron chi connectivity index (χ1n) is 10.1. The van der Waals surface area contributed by atoms with Crippen molar-refractivity contribution < 1.29 is 27.2 Å². The van der Waals surface area contributed by atoms with E-state index in [2.05, 4.69) is 10.6 Å². The second-order valence-corrected chi connectivity index (χ2v) is 8.32. The van der Waals surface area contributed by atoms with Gasteiger partial charge in [0.25, 0.3) is 5.91 Å². The standard InChI is InChI=1S/C22H18ClF3N4O3S/c23-15-12-14(5-6-16(15)29-7-9-30(10-8-29)20(32)22(24,25)26)27-21(34)28-19(31)18-11-13-3-1-2-4-17(13)33-18/h1-6,11-12H,7-10H2,(H2,27,28,31,34). The van der Waals surface area contributed by atoms with Crippen LogP contribution in [0.15, 0.2) is 52.9 Å². The van der Waals surface area contributed by atoms with Gasteiger partial charge in [-0.05, 0) is 42.5 Å². The molecule has 0 atom stereocenters. The largest absolute Gasteiger partial charge is 0.471 e. The minimum atomic E-state index is -4.88. The minimum Gasteiger partial charge on any atom is -0.451 e. The zero-order chi connectivity index (χ0) is 24.5. The Labute approximate surface area is 202 Å². The fourth-order valence-electron chi connectivity index (χ4n) is 3.59. The van der Waals surface area contributed by atoms with Crippen LogP contribution in [0.3, 0.4) is 0 Å². The highest BCUT2D eigenvalue weighted by molar-refractivity contribution is 7.80. The van der Waals surface area contributed by atoms with Crippen molar-refractivity contribution in [2.75, 3.05) is 36.4 Å². The van der Waals surface area contributed by atoms with Gasteiger partial charge in [-0.1, -0.05) is 29.8 Å². The molecular weight excluding hydrogens is 493 g/mol. The van der Waals surface area contributed by atoms with Crippen molar-refractivity contribution in [1.82, 2.24) is 10.2 Å². The predicted molar refractivity (Wildman–Crippen MR) is 126 cm³/mol. The van der Waals surface area contributed by atoms with Gasteiger partial charge in [0.15, 0.2) is 10.9 Å². The third-order valence-corrected chi connectivity index (χ3v) is 5.74. The van der Waals surface area contributed by atoms with Crippen molar-refractivity contribution in [3.05, 3.63) is 59.3 Å². The van der Waals surface area contributed by atoms with Gasteiger partial charge in [-0.15, -0.1) is 0 Å². The third kappa shape index (κ3) is 5.26. The van der Waals surface area contributed by atoms with Gasteiger partial charge in [-0.2, -0.15) is 13.2 Å². The highest BCUT2D eigenvalue weighted by Gasteiger charge is 2.43. The molecule has 1 fully saturated rings. The average Bonchev–Trinajstić information content (AvgIpc) is 3.23. The molecule has 1 aromatic heterocycles. The zero-order valence-electron chi connectivity index (χ0n) is 17.5. The summed E-state index contributed by atoms with van der Waals surface area (Å²) in [6, 6.07) is 13.8. The second kappa shape index (κ2) is 9.51. The van der Waals surface area contributed by atoms with Gasteiger partial charge < -0.3 is 19.5 Å². The van der Waals surface area contributed by atoms with Crippen LogP contribution in [0.5, 0.6) is 0 Å². The summed E-state index contributed by atoms with van der Waals surface area (Å²) < 4.78 is 43.4. The van der Waals surface area contributed by atoms with Gasteiger partial charge in [0, 0.05) is 37.3 Å². The Morgan fingerprint density at radius 2 is 1.74 bits per heavy atom. The van der Waals surface area contributed by atoms with Gasteiger partial charge in [0.05, 0.1) is 10.7 Å². The number of para-hydroxylation sites is 1. The van der Waals surface area contributed by atoms with E-state index < -0.39 is 18.0 Å². The highest BCUT2D eigenvalue weighted by Crippen LogP contribution is 2.30. The minimum absolute atomic E-state index is 0.0357. The molecule has 0 saturated carbocycles. The van der Waals surface area contributed by atoms with E-state index in [4.69, 9.17) is 28.2 Å². The number of hydrogen-bond donors (Lipinski definition) is 2. The number of nitrogens with zero attached hydrogens (tertiary/aromatic N) is 2. The summed E-state index contributed by atoms with van der Waals surface area (Å²) >= 11 is 11.6. The molecule has 0 unspecified atom stereocenters. The lowest BCUT2D eigenvalue weighted by atomic mass is 10.2. The third-order valence-electron chi connectivity index (χ3n) is 5.23. The summed E-state index contributed by atoms with van der Waals surface area (Å²) in [4.78, 5) is 26.4. The Balaban J connectivity index is 1.34. The van der Waals surface area contributed by atoms with Crippen molar-refractivity contribution in [1.29, 1.82) is 0 Å². The maximum Gasteiger partial charge on any atom is 0.471 e. The van der Waals surface area contributed by atoms with Crippen molar-refractivity contribution in [3.63, 3.8) is 0 Å². The fraction of sp³-hybridized carbons (Fsp3) is 0.227. The molecule has 12 heteroatoms. The maximum atomic E-state index is 12.6. The SMILES string of the molecule is O=C(NC(=S)Nc1ccc(N2CCN(C(=O)C(F)(F)F)CC2)c(Cl)c1)c1cc2ccccc2o1. The van der Waals surface area contributed by atoms with Crippen LogP contribution in [0.25, 0.3) is 11.0 Å². The molecule has 0 aliphatic carbocycles. The summed E-state index contributed by atoms with van der Waals surface area (Å²) in [5.74, 6) is -2.24. The Kier molecular flexibility index (Phi) is 6.67. The van der Waals surface area contributed by atoms with Gasteiger partial charge >= 0.3 is 12.1 Å². The maximum absolute atomic E-state index is 12.6. The van der Waals surface area contributed by atoms with Gasteiger partial charge in [-0.25, -0.2) is 0 Å². The molecule has 0 bridgehead atoms. The zero-order valence-corrected chi connectivity index (χ0v) is 19.1. The number of fused-ring (bicyclic) bond motifs is 1. The summed E-state index contributed by atoms with van der Waals surface area (Å²) in [5, 5.41) is 6.56. The second-order valence-electron chi connectivity index (χ2n) is 7.50. The monoisotopic (exact) mass is 510 g/mol. The van der Waals surface area contributed by atoms with E-state index in [1.165, 1.54) is 0 Å². The number of hydrogen-bond acceptors (Lipinski definition) is 5. The molecule has 1 aliphatic heterocycles. The molecule has 2 aromatic carbocycles. The molecule has 0 spiro atoms. The number of piperazine rings is 1. The first-order valence-corrected chi connectivity index (χ1v) is 10.9. The van der Waals surface area contributed by atoms with E-state index in [9.17, 15) is 22.8 Å². The van der Waals surface area contributed by atoms with Crippen LogP contribution >= 0.6 is 23.8 Å². The van der Waals surface area contributed by atoms with E-state index in [0.717, 1.165) is 10.3 Å². The molecule has 0 radical (unpaired) electrons. The van der Waals surface area contributed by atoms with E-state index in [-0.39, 0.29) is 37.1 Å². The lowest BCUT2D eigenvalue weighted by molar-refractivity contribution is -0.185. The summed E-state index contributed by atoms with van der Waals surface area (Å²) in [6.45, 7) is 0.291. The molecule has 4 rings (SSSR count). The Hall–Kier alpha value is -3.31. The average molecular weight is 511 g/mol.